The van der Waals surface area contributed by atoms with Crippen molar-refractivity contribution < 1.29 is 0 Å². The van der Waals surface area contributed by atoms with E-state index in [9.17, 15) is 0 Å². The van der Waals surface area contributed by atoms with Crippen molar-refractivity contribution in [3.63, 3.8) is 0 Å². The highest BCUT2D eigenvalue weighted by molar-refractivity contribution is 7.09. The molecule has 0 radical (unpaired) electrons. The zero-order valence-corrected chi connectivity index (χ0v) is 15.2. The molecule has 3 heteroatoms. The molecule has 0 aliphatic heterocycles. The average molecular weight is 309 g/mol. The SMILES string of the molecule is CN(CCc1cccs1)C1(CN)CC(C)(C)CC(C)(C)C1. The smallest absolute Gasteiger partial charge is 0.0339 e. The lowest BCUT2D eigenvalue weighted by Crippen LogP contribution is -2.59. The number of rotatable bonds is 5. The Morgan fingerprint density at radius 3 is 2.24 bits per heavy atom. The van der Waals surface area contributed by atoms with Gasteiger partial charge >= 0.3 is 0 Å². The average Bonchev–Trinajstić information content (AvgIpc) is 2.85. The Labute approximate surface area is 134 Å². The van der Waals surface area contributed by atoms with Gasteiger partial charge in [-0.3, -0.25) is 4.90 Å². The van der Waals surface area contributed by atoms with E-state index in [2.05, 4.69) is 57.2 Å². The van der Waals surface area contributed by atoms with Gasteiger partial charge in [-0.2, -0.15) is 0 Å². The second-order valence-electron chi connectivity index (χ2n) is 8.54. The van der Waals surface area contributed by atoms with E-state index < -0.39 is 0 Å². The number of hydrogen-bond donors (Lipinski definition) is 1. The molecule has 0 aromatic carbocycles. The lowest BCUT2D eigenvalue weighted by atomic mass is 9.58. The summed E-state index contributed by atoms with van der Waals surface area (Å²) in [6.07, 6.45) is 4.85. The fourth-order valence-electron chi connectivity index (χ4n) is 4.80. The molecule has 2 rings (SSSR count). The van der Waals surface area contributed by atoms with Crippen LogP contribution in [-0.4, -0.2) is 30.6 Å². The Hall–Kier alpha value is -0.380. The number of likely N-dealkylation sites (N-methyl/N-ethyl adjacent to an activating group) is 1. The summed E-state index contributed by atoms with van der Waals surface area (Å²) in [4.78, 5) is 4.03. The molecule has 1 fully saturated rings. The van der Waals surface area contributed by atoms with E-state index in [1.807, 2.05) is 11.3 Å². The summed E-state index contributed by atoms with van der Waals surface area (Å²) in [6, 6.07) is 4.38. The summed E-state index contributed by atoms with van der Waals surface area (Å²) < 4.78 is 0. The summed E-state index contributed by atoms with van der Waals surface area (Å²) in [6.45, 7) is 11.5. The molecule has 2 N–H and O–H groups in total. The molecule has 1 saturated carbocycles. The van der Waals surface area contributed by atoms with Gasteiger partial charge in [0.2, 0.25) is 0 Å². The molecule has 1 aromatic rings. The van der Waals surface area contributed by atoms with Gasteiger partial charge in [-0.15, -0.1) is 11.3 Å². The van der Waals surface area contributed by atoms with Crippen molar-refractivity contribution in [2.45, 2.75) is 58.9 Å². The second kappa shape index (κ2) is 6.02. The topological polar surface area (TPSA) is 29.3 Å². The second-order valence-corrected chi connectivity index (χ2v) is 9.57. The van der Waals surface area contributed by atoms with Crippen LogP contribution in [0.1, 0.15) is 51.8 Å². The third-order valence-electron chi connectivity index (χ3n) is 5.04. The molecule has 1 aromatic heterocycles. The molecule has 0 spiro atoms. The highest BCUT2D eigenvalue weighted by atomic mass is 32.1. The Bertz CT molecular complexity index is 432. The Balaban J connectivity index is 2.11. The van der Waals surface area contributed by atoms with Crippen LogP contribution >= 0.6 is 11.3 Å². The van der Waals surface area contributed by atoms with E-state index >= 15 is 0 Å². The van der Waals surface area contributed by atoms with Crippen LogP contribution in [0.3, 0.4) is 0 Å². The van der Waals surface area contributed by atoms with Gasteiger partial charge < -0.3 is 5.73 Å². The summed E-state index contributed by atoms with van der Waals surface area (Å²) >= 11 is 1.86. The van der Waals surface area contributed by atoms with Crippen molar-refractivity contribution >= 4 is 11.3 Å². The Kier molecular flexibility index (Phi) is 4.87. The molecule has 21 heavy (non-hydrogen) atoms. The van der Waals surface area contributed by atoms with Crippen molar-refractivity contribution in [3.8, 4) is 0 Å². The highest BCUT2D eigenvalue weighted by Crippen LogP contribution is 2.51. The monoisotopic (exact) mass is 308 g/mol. The van der Waals surface area contributed by atoms with Gasteiger partial charge in [0, 0.05) is 23.5 Å². The first-order valence-corrected chi connectivity index (χ1v) is 9.00. The summed E-state index contributed by atoms with van der Waals surface area (Å²) in [7, 11) is 2.28. The number of nitrogens with two attached hydrogens (primary N) is 1. The maximum Gasteiger partial charge on any atom is 0.0339 e. The summed E-state index contributed by atoms with van der Waals surface area (Å²) in [5.41, 5.74) is 7.19. The normalized spacial score (nSPS) is 23.4. The molecule has 1 heterocycles. The first-order valence-electron chi connectivity index (χ1n) is 8.12. The van der Waals surface area contributed by atoms with Gasteiger partial charge in [0.1, 0.15) is 0 Å². The molecule has 120 valence electrons. The third kappa shape index (κ3) is 4.08. The molecule has 0 amide bonds. The predicted molar refractivity (Wildman–Crippen MR) is 93.9 cm³/mol. The molecular formula is C18H32N2S. The van der Waals surface area contributed by atoms with Crippen molar-refractivity contribution in [1.82, 2.24) is 4.90 Å². The van der Waals surface area contributed by atoms with Crippen LogP contribution in [0.5, 0.6) is 0 Å². The minimum atomic E-state index is 0.155. The number of nitrogens with zero attached hydrogens (tertiary/aromatic N) is 1. The van der Waals surface area contributed by atoms with Crippen LogP contribution in [0.2, 0.25) is 0 Å². The van der Waals surface area contributed by atoms with Crippen molar-refractivity contribution in [2.75, 3.05) is 20.1 Å². The van der Waals surface area contributed by atoms with E-state index in [1.54, 1.807) is 0 Å². The zero-order chi connectivity index (χ0) is 15.7. The zero-order valence-electron chi connectivity index (χ0n) is 14.4. The van der Waals surface area contributed by atoms with Crippen LogP contribution in [-0.2, 0) is 6.42 Å². The summed E-state index contributed by atoms with van der Waals surface area (Å²) in [5.74, 6) is 0. The largest absolute Gasteiger partial charge is 0.329 e. The first-order chi connectivity index (χ1) is 9.68. The Morgan fingerprint density at radius 2 is 1.76 bits per heavy atom. The van der Waals surface area contributed by atoms with Crippen molar-refractivity contribution in [1.29, 1.82) is 0 Å². The predicted octanol–water partition coefficient (Wildman–Crippen LogP) is 4.16. The van der Waals surface area contributed by atoms with Gasteiger partial charge in [0.15, 0.2) is 0 Å². The van der Waals surface area contributed by atoms with Gasteiger partial charge in [0.05, 0.1) is 0 Å². The van der Waals surface area contributed by atoms with E-state index in [1.165, 1.54) is 24.1 Å². The van der Waals surface area contributed by atoms with Gasteiger partial charge in [-0.1, -0.05) is 33.8 Å². The van der Waals surface area contributed by atoms with E-state index in [-0.39, 0.29) is 5.54 Å². The molecule has 0 atom stereocenters. The first kappa shape index (κ1) is 17.0. The van der Waals surface area contributed by atoms with Gasteiger partial charge in [0.25, 0.3) is 0 Å². The standard InChI is InChI=1S/C18H32N2S/c1-16(2)11-17(3,4)13-18(12-16,14-19)20(5)9-8-15-7-6-10-21-15/h6-7,10H,8-9,11-14,19H2,1-5H3. The number of hydrogen-bond acceptors (Lipinski definition) is 3. The van der Waals surface area contributed by atoms with Gasteiger partial charge in [-0.25, -0.2) is 0 Å². The van der Waals surface area contributed by atoms with Crippen molar-refractivity contribution in [2.24, 2.45) is 16.6 Å². The molecule has 0 unspecified atom stereocenters. The minimum Gasteiger partial charge on any atom is -0.329 e. The number of thiophene rings is 1. The quantitative estimate of drug-likeness (QED) is 0.885. The van der Waals surface area contributed by atoms with Crippen molar-refractivity contribution in [3.05, 3.63) is 22.4 Å². The lowest BCUT2D eigenvalue weighted by Gasteiger charge is -2.55. The van der Waals surface area contributed by atoms with Crippen LogP contribution < -0.4 is 5.73 Å². The van der Waals surface area contributed by atoms with E-state index in [0.29, 0.717) is 10.8 Å². The van der Waals surface area contributed by atoms with Crippen LogP contribution in [0.15, 0.2) is 17.5 Å². The molecule has 2 nitrogen and oxygen atoms in total. The van der Waals surface area contributed by atoms with Gasteiger partial charge in [-0.05, 0) is 55.0 Å². The molecule has 0 bridgehead atoms. The van der Waals surface area contributed by atoms with E-state index in [4.69, 9.17) is 5.73 Å². The minimum absolute atomic E-state index is 0.155. The molecular weight excluding hydrogens is 276 g/mol. The van der Waals surface area contributed by atoms with Crippen LogP contribution in [0, 0.1) is 10.8 Å². The molecule has 1 aliphatic carbocycles. The Morgan fingerprint density at radius 1 is 1.14 bits per heavy atom. The third-order valence-corrected chi connectivity index (χ3v) is 5.97. The van der Waals surface area contributed by atoms with Crippen LogP contribution in [0.4, 0.5) is 0 Å². The summed E-state index contributed by atoms with van der Waals surface area (Å²) in [5, 5.41) is 2.17. The fraction of sp³-hybridized carbons (Fsp3) is 0.778. The van der Waals surface area contributed by atoms with Crippen LogP contribution in [0.25, 0.3) is 0 Å². The van der Waals surface area contributed by atoms with E-state index in [0.717, 1.165) is 19.5 Å². The molecule has 0 saturated heterocycles. The lowest BCUT2D eigenvalue weighted by molar-refractivity contribution is -0.0314. The maximum atomic E-state index is 6.29. The maximum absolute atomic E-state index is 6.29. The molecule has 1 aliphatic rings. The highest BCUT2D eigenvalue weighted by Gasteiger charge is 2.48. The fourth-order valence-corrected chi connectivity index (χ4v) is 5.50.